The summed E-state index contributed by atoms with van der Waals surface area (Å²) in [7, 11) is 1.91. The molecule has 0 saturated heterocycles. The van der Waals surface area contributed by atoms with Crippen molar-refractivity contribution in [1.82, 2.24) is 14.8 Å². The molecule has 1 aromatic carbocycles. The van der Waals surface area contributed by atoms with Crippen LogP contribution in [0.2, 0.25) is 0 Å². The monoisotopic (exact) mass is 297 g/mol. The molecule has 0 aliphatic heterocycles. The molecular weight excluding hydrogens is 280 g/mol. The number of halogens is 2. The molecule has 0 aliphatic carbocycles. The molecule has 108 valence electrons. The Hall–Kier alpha value is -1.43. The Morgan fingerprint density at radius 3 is 2.60 bits per heavy atom. The number of rotatable bonds is 5. The SMILES string of the molecule is CCC(SCc1nnc(C)n1C)c1ccc(F)cc1F. The number of nitrogens with zero attached hydrogens (tertiary/aromatic N) is 3. The number of hydrogen-bond acceptors (Lipinski definition) is 3. The zero-order valence-corrected chi connectivity index (χ0v) is 12.5. The minimum atomic E-state index is -0.546. The maximum absolute atomic E-state index is 13.8. The molecule has 2 aromatic rings. The van der Waals surface area contributed by atoms with Gasteiger partial charge in [-0.1, -0.05) is 13.0 Å². The van der Waals surface area contributed by atoms with Gasteiger partial charge in [-0.3, -0.25) is 0 Å². The smallest absolute Gasteiger partial charge is 0.142 e. The fourth-order valence-electron chi connectivity index (χ4n) is 1.94. The fraction of sp³-hybridized carbons (Fsp3) is 0.429. The Morgan fingerprint density at radius 1 is 1.30 bits per heavy atom. The summed E-state index contributed by atoms with van der Waals surface area (Å²) in [6.45, 7) is 3.88. The normalized spacial score (nSPS) is 12.7. The maximum Gasteiger partial charge on any atom is 0.142 e. The van der Waals surface area contributed by atoms with Crippen LogP contribution in [0.3, 0.4) is 0 Å². The molecule has 1 atom stereocenters. The third-order valence-corrected chi connectivity index (χ3v) is 4.69. The van der Waals surface area contributed by atoms with Crippen LogP contribution in [0.25, 0.3) is 0 Å². The van der Waals surface area contributed by atoms with Gasteiger partial charge >= 0.3 is 0 Å². The van der Waals surface area contributed by atoms with E-state index in [4.69, 9.17) is 0 Å². The molecular formula is C14H17F2N3S. The second kappa shape index (κ2) is 6.35. The Morgan fingerprint density at radius 2 is 2.05 bits per heavy atom. The van der Waals surface area contributed by atoms with Gasteiger partial charge in [-0.25, -0.2) is 8.78 Å². The van der Waals surface area contributed by atoms with E-state index in [1.54, 1.807) is 11.8 Å². The van der Waals surface area contributed by atoms with Crippen molar-refractivity contribution < 1.29 is 8.78 Å². The zero-order chi connectivity index (χ0) is 14.7. The molecule has 6 heteroatoms. The van der Waals surface area contributed by atoms with Crippen molar-refractivity contribution in [2.75, 3.05) is 0 Å². The van der Waals surface area contributed by atoms with Gasteiger partial charge in [-0.2, -0.15) is 0 Å². The van der Waals surface area contributed by atoms with Crippen molar-refractivity contribution in [3.63, 3.8) is 0 Å². The Bertz CT molecular complexity index is 598. The third-order valence-electron chi connectivity index (χ3n) is 3.28. The van der Waals surface area contributed by atoms with E-state index in [1.807, 2.05) is 25.5 Å². The predicted molar refractivity (Wildman–Crippen MR) is 76.4 cm³/mol. The fourth-order valence-corrected chi connectivity index (χ4v) is 3.15. The Balaban J connectivity index is 2.11. The van der Waals surface area contributed by atoms with E-state index in [-0.39, 0.29) is 5.25 Å². The van der Waals surface area contributed by atoms with Gasteiger partial charge in [0.25, 0.3) is 0 Å². The lowest BCUT2D eigenvalue weighted by Crippen LogP contribution is -2.02. The van der Waals surface area contributed by atoms with Crippen molar-refractivity contribution in [1.29, 1.82) is 0 Å². The van der Waals surface area contributed by atoms with Crippen LogP contribution in [0.5, 0.6) is 0 Å². The first kappa shape index (κ1) is 15.0. The van der Waals surface area contributed by atoms with Gasteiger partial charge in [0.05, 0.1) is 5.75 Å². The van der Waals surface area contributed by atoms with Gasteiger partial charge in [-0.05, 0) is 19.4 Å². The highest BCUT2D eigenvalue weighted by molar-refractivity contribution is 7.98. The first-order valence-corrected chi connectivity index (χ1v) is 7.49. The number of hydrogen-bond donors (Lipinski definition) is 0. The molecule has 0 radical (unpaired) electrons. The lowest BCUT2D eigenvalue weighted by molar-refractivity contribution is 0.569. The largest absolute Gasteiger partial charge is 0.318 e. The van der Waals surface area contributed by atoms with Crippen molar-refractivity contribution >= 4 is 11.8 Å². The van der Waals surface area contributed by atoms with Gasteiger partial charge in [0.2, 0.25) is 0 Å². The van der Waals surface area contributed by atoms with Crippen LogP contribution >= 0.6 is 11.8 Å². The summed E-state index contributed by atoms with van der Waals surface area (Å²) in [6.07, 6.45) is 0.768. The summed E-state index contributed by atoms with van der Waals surface area (Å²) in [4.78, 5) is 0. The third kappa shape index (κ3) is 3.17. The summed E-state index contributed by atoms with van der Waals surface area (Å²) in [6, 6.07) is 3.76. The molecule has 0 aliphatic rings. The topological polar surface area (TPSA) is 30.7 Å². The van der Waals surface area contributed by atoms with E-state index in [9.17, 15) is 8.78 Å². The standard InChI is InChI=1S/C14H17F2N3S/c1-4-13(11-6-5-10(15)7-12(11)16)20-8-14-18-17-9(2)19(14)3/h5-7,13H,4,8H2,1-3H3. The van der Waals surface area contributed by atoms with Crippen molar-refractivity contribution in [3.05, 3.63) is 47.0 Å². The number of thioether (sulfide) groups is 1. The summed E-state index contributed by atoms with van der Waals surface area (Å²) in [5.74, 6) is 1.32. The van der Waals surface area contributed by atoms with Crippen LogP contribution in [-0.4, -0.2) is 14.8 Å². The van der Waals surface area contributed by atoms with E-state index in [2.05, 4.69) is 10.2 Å². The summed E-state index contributed by atoms with van der Waals surface area (Å²) >= 11 is 1.59. The molecule has 2 rings (SSSR count). The highest BCUT2D eigenvalue weighted by Crippen LogP contribution is 2.35. The highest BCUT2D eigenvalue weighted by atomic mass is 32.2. The maximum atomic E-state index is 13.8. The second-order valence-electron chi connectivity index (χ2n) is 4.60. The van der Waals surface area contributed by atoms with Crippen LogP contribution in [-0.2, 0) is 12.8 Å². The average Bonchev–Trinajstić information content (AvgIpc) is 2.73. The quantitative estimate of drug-likeness (QED) is 0.841. The second-order valence-corrected chi connectivity index (χ2v) is 5.79. The van der Waals surface area contributed by atoms with Gasteiger partial charge < -0.3 is 4.57 Å². The van der Waals surface area contributed by atoms with Crippen LogP contribution in [0.1, 0.15) is 35.8 Å². The molecule has 20 heavy (non-hydrogen) atoms. The Kier molecular flexibility index (Phi) is 4.75. The van der Waals surface area contributed by atoms with Gasteiger partial charge in [0.15, 0.2) is 0 Å². The minimum Gasteiger partial charge on any atom is -0.318 e. The molecule has 1 unspecified atom stereocenters. The molecule has 0 fully saturated rings. The van der Waals surface area contributed by atoms with Gasteiger partial charge in [0, 0.05) is 23.9 Å². The number of aromatic nitrogens is 3. The molecule has 0 amide bonds. The van der Waals surface area contributed by atoms with E-state index in [0.29, 0.717) is 11.3 Å². The molecule has 1 heterocycles. The summed E-state index contributed by atoms with van der Waals surface area (Å²) < 4.78 is 28.7. The van der Waals surface area contributed by atoms with Crippen LogP contribution in [0.4, 0.5) is 8.78 Å². The van der Waals surface area contributed by atoms with Crippen molar-refractivity contribution in [2.24, 2.45) is 7.05 Å². The molecule has 3 nitrogen and oxygen atoms in total. The molecule has 0 N–H and O–H groups in total. The molecule has 0 saturated carbocycles. The van der Waals surface area contributed by atoms with E-state index >= 15 is 0 Å². The van der Waals surface area contributed by atoms with E-state index in [1.165, 1.54) is 12.1 Å². The minimum absolute atomic E-state index is 0.0207. The summed E-state index contributed by atoms with van der Waals surface area (Å²) in [5, 5.41) is 8.07. The first-order chi connectivity index (χ1) is 9.52. The number of benzene rings is 1. The summed E-state index contributed by atoms with van der Waals surface area (Å²) in [5.41, 5.74) is 0.540. The van der Waals surface area contributed by atoms with Gasteiger partial charge in [0.1, 0.15) is 23.3 Å². The van der Waals surface area contributed by atoms with Crippen molar-refractivity contribution in [3.8, 4) is 0 Å². The van der Waals surface area contributed by atoms with Crippen LogP contribution in [0, 0.1) is 18.6 Å². The number of aryl methyl sites for hydroxylation is 1. The zero-order valence-electron chi connectivity index (χ0n) is 11.7. The molecule has 0 spiro atoms. The van der Waals surface area contributed by atoms with Crippen LogP contribution < -0.4 is 0 Å². The van der Waals surface area contributed by atoms with Crippen LogP contribution in [0.15, 0.2) is 18.2 Å². The average molecular weight is 297 g/mol. The molecule has 1 aromatic heterocycles. The molecule has 0 bridgehead atoms. The highest BCUT2D eigenvalue weighted by Gasteiger charge is 2.16. The van der Waals surface area contributed by atoms with Crippen molar-refractivity contribution in [2.45, 2.75) is 31.3 Å². The van der Waals surface area contributed by atoms with Gasteiger partial charge in [-0.15, -0.1) is 22.0 Å². The van der Waals surface area contributed by atoms with E-state index in [0.717, 1.165) is 24.1 Å². The first-order valence-electron chi connectivity index (χ1n) is 6.44. The lowest BCUT2D eigenvalue weighted by atomic mass is 10.1. The Labute approximate surface area is 121 Å². The lowest BCUT2D eigenvalue weighted by Gasteiger charge is -2.15. The van der Waals surface area contributed by atoms with E-state index < -0.39 is 11.6 Å². The predicted octanol–water partition coefficient (Wildman–Crippen LogP) is 3.79.